The number of carbonyl (C=O) groups is 1. The largest absolute Gasteiger partial charge is 0.493 e. The normalized spacial score (nSPS) is 12.0. The molecule has 0 spiro atoms. The molecule has 0 fully saturated rings. The second-order valence-electron chi connectivity index (χ2n) is 6.42. The number of methoxy groups -OCH3 is 2. The van der Waals surface area contributed by atoms with Gasteiger partial charge in [0.2, 0.25) is 0 Å². The van der Waals surface area contributed by atoms with E-state index in [-0.39, 0.29) is 5.91 Å². The molecule has 1 heterocycles. The number of rotatable bonds is 6. The van der Waals surface area contributed by atoms with Gasteiger partial charge < -0.3 is 14.0 Å². The summed E-state index contributed by atoms with van der Waals surface area (Å²) >= 11 is 3.20. The number of amides is 1. The molecule has 0 radical (unpaired) electrons. The Kier molecular flexibility index (Phi) is 6.46. The van der Waals surface area contributed by atoms with Crippen LogP contribution in [0, 0.1) is 0 Å². The second-order valence-corrected chi connectivity index (χ2v) is 9.07. The molecule has 0 aliphatic heterocycles. The van der Waals surface area contributed by atoms with Crippen LogP contribution in [-0.4, -0.2) is 29.9 Å². The first-order valence-corrected chi connectivity index (χ1v) is 10.8. The third kappa shape index (κ3) is 4.25. The zero-order valence-corrected chi connectivity index (χ0v) is 18.3. The topological polar surface area (TPSA) is 52.8 Å². The molecule has 0 aliphatic carbocycles. The number of thiazole rings is 1. The third-order valence-corrected chi connectivity index (χ3v) is 6.19. The van der Waals surface area contributed by atoms with Gasteiger partial charge in [-0.15, -0.1) is 11.8 Å². The van der Waals surface area contributed by atoms with Crippen molar-refractivity contribution < 1.29 is 14.3 Å². The molecule has 28 heavy (non-hydrogen) atoms. The number of thioether (sulfide) groups is 1. The van der Waals surface area contributed by atoms with Crippen molar-refractivity contribution in [3.05, 3.63) is 46.8 Å². The number of hydrogen-bond acceptors (Lipinski definition) is 5. The van der Waals surface area contributed by atoms with Crippen LogP contribution in [0.4, 0.5) is 0 Å². The summed E-state index contributed by atoms with van der Waals surface area (Å²) in [6, 6.07) is 11.5. The monoisotopic (exact) mass is 416 g/mol. The first-order chi connectivity index (χ1) is 13.5. The maximum Gasteiger partial charge on any atom is 0.279 e. The van der Waals surface area contributed by atoms with Crippen molar-refractivity contribution in [2.75, 3.05) is 14.2 Å². The van der Waals surface area contributed by atoms with E-state index in [9.17, 15) is 4.79 Å². The highest BCUT2D eigenvalue weighted by atomic mass is 32.2. The van der Waals surface area contributed by atoms with Crippen molar-refractivity contribution >= 4 is 39.2 Å². The van der Waals surface area contributed by atoms with Crippen LogP contribution >= 0.6 is 23.1 Å². The van der Waals surface area contributed by atoms with E-state index in [4.69, 9.17) is 9.47 Å². The molecular weight excluding hydrogens is 392 g/mol. The molecule has 1 amide bonds. The smallest absolute Gasteiger partial charge is 0.279 e. The lowest BCUT2D eigenvalue weighted by molar-refractivity contribution is 0.0997. The summed E-state index contributed by atoms with van der Waals surface area (Å²) in [7, 11) is 3.23. The molecule has 0 unspecified atom stereocenters. The lowest BCUT2D eigenvalue weighted by atomic mass is 10.2. The van der Waals surface area contributed by atoms with Gasteiger partial charge in [0.1, 0.15) is 0 Å². The molecule has 1 aromatic heterocycles. The van der Waals surface area contributed by atoms with E-state index in [0.717, 1.165) is 15.1 Å². The van der Waals surface area contributed by atoms with Crippen molar-refractivity contribution in [1.82, 2.24) is 4.57 Å². The van der Waals surface area contributed by atoms with Crippen molar-refractivity contribution in [3.63, 3.8) is 0 Å². The van der Waals surface area contributed by atoms with E-state index >= 15 is 0 Å². The second kappa shape index (κ2) is 8.84. The van der Waals surface area contributed by atoms with E-state index in [1.807, 2.05) is 47.9 Å². The fourth-order valence-electron chi connectivity index (χ4n) is 2.91. The summed E-state index contributed by atoms with van der Waals surface area (Å²) < 4.78 is 13.8. The Morgan fingerprint density at radius 2 is 1.89 bits per heavy atom. The molecule has 0 saturated heterocycles. The van der Waals surface area contributed by atoms with Crippen LogP contribution in [0.2, 0.25) is 0 Å². The SMILES string of the molecule is CCn1c(=NC(=O)c2cccc(SC(C)C)c2)sc2cc(OC)c(OC)cc21. The van der Waals surface area contributed by atoms with Crippen LogP contribution in [0.25, 0.3) is 10.2 Å². The molecule has 5 nitrogen and oxygen atoms in total. The fourth-order valence-corrected chi connectivity index (χ4v) is 4.91. The highest BCUT2D eigenvalue weighted by Crippen LogP contribution is 2.33. The maximum atomic E-state index is 12.8. The Morgan fingerprint density at radius 3 is 2.54 bits per heavy atom. The van der Waals surface area contributed by atoms with Gasteiger partial charge in [-0.3, -0.25) is 4.79 Å². The third-order valence-electron chi connectivity index (χ3n) is 4.15. The van der Waals surface area contributed by atoms with Gasteiger partial charge in [0.15, 0.2) is 16.3 Å². The van der Waals surface area contributed by atoms with Crippen LogP contribution in [0.1, 0.15) is 31.1 Å². The molecule has 0 aliphatic rings. The molecule has 2 aromatic carbocycles. The quantitative estimate of drug-likeness (QED) is 0.532. The van der Waals surface area contributed by atoms with Crippen molar-refractivity contribution in [1.29, 1.82) is 0 Å². The number of aryl methyl sites for hydroxylation is 1. The average Bonchev–Trinajstić information content (AvgIpc) is 3.02. The number of ether oxygens (including phenoxy) is 2. The minimum Gasteiger partial charge on any atom is -0.493 e. The summed E-state index contributed by atoms with van der Waals surface area (Å²) in [6.45, 7) is 7.00. The van der Waals surface area contributed by atoms with Gasteiger partial charge in [-0.2, -0.15) is 4.99 Å². The summed E-state index contributed by atoms with van der Waals surface area (Å²) in [5.41, 5.74) is 1.57. The summed E-state index contributed by atoms with van der Waals surface area (Å²) in [6.07, 6.45) is 0. The van der Waals surface area contributed by atoms with E-state index in [1.165, 1.54) is 11.3 Å². The van der Waals surface area contributed by atoms with Crippen LogP contribution in [0.3, 0.4) is 0 Å². The van der Waals surface area contributed by atoms with E-state index in [0.29, 0.717) is 33.7 Å². The van der Waals surface area contributed by atoms with Crippen LogP contribution in [0.15, 0.2) is 46.3 Å². The summed E-state index contributed by atoms with van der Waals surface area (Å²) in [4.78, 5) is 19.0. The Hall–Kier alpha value is -2.25. The Morgan fingerprint density at radius 1 is 1.18 bits per heavy atom. The molecular formula is C21H24N2O3S2. The molecule has 0 bridgehead atoms. The number of nitrogens with zero attached hydrogens (tertiary/aromatic N) is 2. The van der Waals surface area contributed by atoms with Crippen LogP contribution in [-0.2, 0) is 6.54 Å². The molecule has 0 N–H and O–H groups in total. The standard InChI is InChI=1S/C21H24N2O3S2/c1-6-23-16-11-17(25-4)18(26-5)12-19(16)28-21(23)22-20(24)14-8-7-9-15(10-14)27-13(2)3/h7-13H,6H2,1-5H3. The number of hydrogen-bond donors (Lipinski definition) is 0. The molecule has 0 saturated carbocycles. The summed E-state index contributed by atoms with van der Waals surface area (Å²) in [5.74, 6) is 1.08. The Labute approximate surface area is 173 Å². The molecule has 7 heteroatoms. The van der Waals surface area contributed by atoms with Crippen molar-refractivity contribution in [2.45, 2.75) is 37.5 Å². The van der Waals surface area contributed by atoms with Gasteiger partial charge in [-0.1, -0.05) is 31.3 Å². The predicted octanol–water partition coefficient (Wildman–Crippen LogP) is 4.98. The van der Waals surface area contributed by atoms with Gasteiger partial charge in [-0.05, 0) is 25.1 Å². The van der Waals surface area contributed by atoms with Crippen molar-refractivity contribution in [3.8, 4) is 11.5 Å². The number of carbonyl (C=O) groups excluding carboxylic acids is 1. The lowest BCUT2D eigenvalue weighted by Gasteiger charge is -2.08. The zero-order valence-electron chi connectivity index (χ0n) is 16.7. The highest BCUT2D eigenvalue weighted by molar-refractivity contribution is 7.99. The van der Waals surface area contributed by atoms with Crippen molar-refractivity contribution in [2.24, 2.45) is 4.99 Å². The van der Waals surface area contributed by atoms with E-state index < -0.39 is 0 Å². The Bertz CT molecular complexity index is 1070. The number of benzene rings is 2. The maximum absolute atomic E-state index is 12.8. The minimum absolute atomic E-state index is 0.237. The first-order valence-electron chi connectivity index (χ1n) is 9.08. The fraction of sp³-hybridized carbons (Fsp3) is 0.333. The van der Waals surface area contributed by atoms with Crippen LogP contribution < -0.4 is 14.3 Å². The Balaban J connectivity index is 2.07. The number of aromatic nitrogens is 1. The van der Waals surface area contributed by atoms with Gasteiger partial charge in [0.25, 0.3) is 5.91 Å². The lowest BCUT2D eigenvalue weighted by Crippen LogP contribution is -2.16. The van der Waals surface area contributed by atoms with Gasteiger partial charge in [0, 0.05) is 34.4 Å². The molecule has 3 aromatic rings. The first kappa shape index (κ1) is 20.5. The number of fused-ring (bicyclic) bond motifs is 1. The summed E-state index contributed by atoms with van der Waals surface area (Å²) in [5, 5.41) is 0.456. The zero-order chi connectivity index (χ0) is 20.3. The highest BCUT2D eigenvalue weighted by Gasteiger charge is 2.13. The minimum atomic E-state index is -0.237. The van der Waals surface area contributed by atoms with E-state index in [2.05, 4.69) is 18.8 Å². The van der Waals surface area contributed by atoms with Gasteiger partial charge >= 0.3 is 0 Å². The van der Waals surface area contributed by atoms with Gasteiger partial charge in [0.05, 0.1) is 24.4 Å². The molecule has 3 rings (SSSR count). The average molecular weight is 417 g/mol. The van der Waals surface area contributed by atoms with Gasteiger partial charge in [-0.25, -0.2) is 0 Å². The molecule has 0 atom stereocenters. The molecule has 148 valence electrons. The predicted molar refractivity (Wildman–Crippen MR) is 116 cm³/mol. The van der Waals surface area contributed by atoms with E-state index in [1.54, 1.807) is 26.0 Å². The van der Waals surface area contributed by atoms with Crippen LogP contribution in [0.5, 0.6) is 11.5 Å².